The second-order valence-electron chi connectivity index (χ2n) is 4.45. The predicted molar refractivity (Wildman–Crippen MR) is 56.9 cm³/mol. The van der Waals surface area contributed by atoms with Crippen molar-refractivity contribution < 1.29 is 9.53 Å². The normalized spacial score (nSPS) is 32.3. The smallest absolute Gasteiger partial charge is 0.312 e. The number of esters is 1. The summed E-state index contributed by atoms with van der Waals surface area (Å²) in [5, 5.41) is 0. The van der Waals surface area contributed by atoms with E-state index in [9.17, 15) is 4.79 Å². The molecule has 0 amide bonds. The Labute approximate surface area is 86.3 Å². The van der Waals surface area contributed by atoms with Crippen molar-refractivity contribution in [3.8, 4) is 0 Å². The molecule has 0 bridgehead atoms. The monoisotopic (exact) mass is 196 g/mol. The zero-order valence-electron chi connectivity index (χ0n) is 9.21. The molecule has 1 aliphatic carbocycles. The molecule has 1 rings (SSSR count). The molecule has 0 unspecified atom stereocenters. The number of methoxy groups -OCH3 is 1. The summed E-state index contributed by atoms with van der Waals surface area (Å²) in [7, 11) is 1.48. The van der Waals surface area contributed by atoms with Crippen LogP contribution in [0.4, 0.5) is 0 Å². The molecule has 0 aliphatic heterocycles. The van der Waals surface area contributed by atoms with E-state index in [0.29, 0.717) is 0 Å². The molecule has 14 heavy (non-hydrogen) atoms. The van der Waals surface area contributed by atoms with Crippen LogP contribution < -0.4 is 0 Å². The highest BCUT2D eigenvalue weighted by Gasteiger charge is 2.40. The Kier molecular flexibility index (Phi) is 3.73. The standard InChI is InChI=1S/C12H20O2/c1-4-7-12(11(13)14-3)8-5-10(2)6-9-12/h4,10H,1,5-9H2,2-3H3/t10-,12+. The molecule has 1 saturated carbocycles. The molecule has 2 heteroatoms. The largest absolute Gasteiger partial charge is 0.469 e. The van der Waals surface area contributed by atoms with E-state index in [0.717, 1.165) is 38.0 Å². The molecular weight excluding hydrogens is 176 g/mol. The maximum Gasteiger partial charge on any atom is 0.312 e. The third-order valence-electron chi connectivity index (χ3n) is 3.38. The molecule has 2 nitrogen and oxygen atoms in total. The Bertz CT molecular complexity index is 212. The number of rotatable bonds is 3. The van der Waals surface area contributed by atoms with Crippen molar-refractivity contribution in [2.45, 2.75) is 39.0 Å². The summed E-state index contributed by atoms with van der Waals surface area (Å²) in [6, 6.07) is 0. The first-order chi connectivity index (χ1) is 6.64. The second-order valence-corrected chi connectivity index (χ2v) is 4.45. The summed E-state index contributed by atoms with van der Waals surface area (Å²) in [5.41, 5.74) is -0.261. The van der Waals surface area contributed by atoms with Crippen molar-refractivity contribution in [3.05, 3.63) is 12.7 Å². The molecule has 0 radical (unpaired) electrons. The van der Waals surface area contributed by atoms with Crippen LogP contribution in [-0.4, -0.2) is 13.1 Å². The number of ether oxygens (including phenoxy) is 1. The van der Waals surface area contributed by atoms with Crippen LogP contribution in [0.25, 0.3) is 0 Å². The first-order valence-corrected chi connectivity index (χ1v) is 5.34. The van der Waals surface area contributed by atoms with Crippen LogP contribution in [0, 0.1) is 11.3 Å². The number of carbonyl (C=O) groups is 1. The van der Waals surface area contributed by atoms with Gasteiger partial charge < -0.3 is 4.74 Å². The van der Waals surface area contributed by atoms with Gasteiger partial charge in [0.25, 0.3) is 0 Å². The van der Waals surface area contributed by atoms with Crippen molar-refractivity contribution >= 4 is 5.97 Å². The fourth-order valence-corrected chi connectivity index (χ4v) is 2.30. The fourth-order valence-electron chi connectivity index (χ4n) is 2.30. The van der Waals surface area contributed by atoms with Gasteiger partial charge in [-0.15, -0.1) is 6.58 Å². The summed E-state index contributed by atoms with van der Waals surface area (Å²) in [6.07, 6.45) is 6.75. The Morgan fingerprint density at radius 3 is 2.57 bits per heavy atom. The summed E-state index contributed by atoms with van der Waals surface area (Å²) in [5.74, 6) is 0.696. The predicted octanol–water partition coefficient (Wildman–Crippen LogP) is 2.93. The first-order valence-electron chi connectivity index (χ1n) is 5.34. The van der Waals surface area contributed by atoms with Gasteiger partial charge in [-0.05, 0) is 38.0 Å². The Balaban J connectivity index is 2.72. The van der Waals surface area contributed by atoms with Crippen LogP contribution in [0.5, 0.6) is 0 Å². The number of hydrogen-bond donors (Lipinski definition) is 0. The van der Waals surface area contributed by atoms with Crippen LogP contribution in [0.2, 0.25) is 0 Å². The molecule has 0 atom stereocenters. The molecule has 0 aromatic rings. The zero-order chi connectivity index (χ0) is 10.6. The lowest BCUT2D eigenvalue weighted by Crippen LogP contribution is -2.35. The van der Waals surface area contributed by atoms with Gasteiger partial charge in [-0.25, -0.2) is 0 Å². The molecule has 80 valence electrons. The van der Waals surface area contributed by atoms with E-state index in [1.165, 1.54) is 7.11 Å². The van der Waals surface area contributed by atoms with Crippen LogP contribution in [0.3, 0.4) is 0 Å². The van der Waals surface area contributed by atoms with E-state index in [-0.39, 0.29) is 11.4 Å². The number of carbonyl (C=O) groups excluding carboxylic acids is 1. The summed E-state index contributed by atoms with van der Waals surface area (Å²) >= 11 is 0. The van der Waals surface area contributed by atoms with Crippen molar-refractivity contribution in [1.29, 1.82) is 0 Å². The fraction of sp³-hybridized carbons (Fsp3) is 0.750. The summed E-state index contributed by atoms with van der Waals surface area (Å²) in [4.78, 5) is 11.7. The van der Waals surface area contributed by atoms with Crippen LogP contribution in [0.15, 0.2) is 12.7 Å². The van der Waals surface area contributed by atoms with E-state index >= 15 is 0 Å². The maximum absolute atomic E-state index is 11.7. The van der Waals surface area contributed by atoms with Gasteiger partial charge >= 0.3 is 5.97 Å². The van der Waals surface area contributed by atoms with Crippen LogP contribution in [0.1, 0.15) is 39.0 Å². The quantitative estimate of drug-likeness (QED) is 0.512. The van der Waals surface area contributed by atoms with Crippen molar-refractivity contribution in [1.82, 2.24) is 0 Å². The van der Waals surface area contributed by atoms with Gasteiger partial charge in [-0.3, -0.25) is 4.79 Å². The number of allylic oxidation sites excluding steroid dienone is 1. The lowest BCUT2D eigenvalue weighted by molar-refractivity contribution is -0.155. The van der Waals surface area contributed by atoms with E-state index < -0.39 is 0 Å². The minimum absolute atomic E-state index is 0.0516. The zero-order valence-corrected chi connectivity index (χ0v) is 9.21. The Hall–Kier alpha value is -0.790. The van der Waals surface area contributed by atoms with Gasteiger partial charge in [-0.1, -0.05) is 13.0 Å². The van der Waals surface area contributed by atoms with Crippen LogP contribution in [-0.2, 0) is 9.53 Å². The minimum Gasteiger partial charge on any atom is -0.469 e. The molecular formula is C12H20O2. The van der Waals surface area contributed by atoms with Gasteiger partial charge in [0.05, 0.1) is 12.5 Å². The Morgan fingerprint density at radius 1 is 1.57 bits per heavy atom. The third kappa shape index (κ3) is 2.17. The van der Waals surface area contributed by atoms with Gasteiger partial charge in [0.1, 0.15) is 0 Å². The number of hydrogen-bond acceptors (Lipinski definition) is 2. The van der Waals surface area contributed by atoms with E-state index in [1.54, 1.807) is 0 Å². The van der Waals surface area contributed by atoms with E-state index in [1.807, 2.05) is 6.08 Å². The SMILES string of the molecule is C=CC[C@]1(C(=O)OC)CC[C@@H](C)CC1. The molecule has 0 aromatic heterocycles. The maximum atomic E-state index is 11.7. The molecule has 1 fully saturated rings. The van der Waals surface area contributed by atoms with Crippen molar-refractivity contribution in [2.75, 3.05) is 7.11 Å². The topological polar surface area (TPSA) is 26.3 Å². The average molecular weight is 196 g/mol. The summed E-state index contributed by atoms with van der Waals surface area (Å²) in [6.45, 7) is 5.97. The summed E-state index contributed by atoms with van der Waals surface area (Å²) < 4.78 is 4.89. The van der Waals surface area contributed by atoms with Gasteiger partial charge in [0, 0.05) is 0 Å². The molecule has 0 spiro atoms. The highest BCUT2D eigenvalue weighted by molar-refractivity contribution is 5.77. The molecule has 1 aliphatic rings. The molecule has 0 heterocycles. The van der Waals surface area contributed by atoms with Gasteiger partial charge in [-0.2, -0.15) is 0 Å². The van der Waals surface area contributed by atoms with E-state index in [4.69, 9.17) is 4.74 Å². The Morgan fingerprint density at radius 2 is 2.14 bits per heavy atom. The van der Waals surface area contributed by atoms with Crippen molar-refractivity contribution in [2.24, 2.45) is 11.3 Å². The lowest BCUT2D eigenvalue weighted by Gasteiger charge is -2.36. The minimum atomic E-state index is -0.261. The average Bonchev–Trinajstić information content (AvgIpc) is 2.21. The van der Waals surface area contributed by atoms with Gasteiger partial charge in [0.2, 0.25) is 0 Å². The molecule has 0 N–H and O–H groups in total. The van der Waals surface area contributed by atoms with Gasteiger partial charge in [0.15, 0.2) is 0 Å². The third-order valence-corrected chi connectivity index (χ3v) is 3.38. The lowest BCUT2D eigenvalue weighted by atomic mass is 9.69. The highest BCUT2D eigenvalue weighted by Crippen LogP contribution is 2.42. The molecule has 0 saturated heterocycles. The van der Waals surface area contributed by atoms with Crippen molar-refractivity contribution in [3.63, 3.8) is 0 Å². The first kappa shape index (κ1) is 11.3. The van der Waals surface area contributed by atoms with Crippen LogP contribution >= 0.6 is 0 Å². The highest BCUT2D eigenvalue weighted by atomic mass is 16.5. The second kappa shape index (κ2) is 4.63. The molecule has 0 aromatic carbocycles. The van der Waals surface area contributed by atoms with E-state index in [2.05, 4.69) is 13.5 Å².